The van der Waals surface area contributed by atoms with Crippen molar-refractivity contribution in [3.05, 3.63) is 70.7 Å². The fourth-order valence-electron chi connectivity index (χ4n) is 3.27. The highest BCUT2D eigenvalue weighted by Crippen LogP contribution is 2.27. The van der Waals surface area contributed by atoms with E-state index >= 15 is 0 Å². The summed E-state index contributed by atoms with van der Waals surface area (Å²) in [6.45, 7) is 3.46. The Labute approximate surface area is 176 Å². The summed E-state index contributed by atoms with van der Waals surface area (Å²) in [5.74, 6) is -0.0887. The van der Waals surface area contributed by atoms with Gasteiger partial charge in [-0.1, -0.05) is 46.3 Å². The molecule has 3 aromatic carbocycles. The van der Waals surface area contributed by atoms with Gasteiger partial charge in [0.25, 0.3) is 11.8 Å². The van der Waals surface area contributed by atoms with Crippen molar-refractivity contribution in [3.63, 3.8) is 0 Å². The number of ether oxygens (including phenoxy) is 1. The van der Waals surface area contributed by atoms with Crippen molar-refractivity contribution in [3.8, 4) is 5.75 Å². The molecule has 2 atom stereocenters. The number of carbonyl (C=O) groups is 2. The summed E-state index contributed by atoms with van der Waals surface area (Å²) in [4.78, 5) is 25.5. The van der Waals surface area contributed by atoms with E-state index in [4.69, 9.17) is 4.74 Å². The van der Waals surface area contributed by atoms with E-state index in [1.807, 2.05) is 54.6 Å². The molecular formula is C22H20BrN3O3. The molecule has 0 spiro atoms. The lowest BCUT2D eigenvalue weighted by Crippen LogP contribution is -2.58. The topological polar surface area (TPSA) is 70.7 Å². The monoisotopic (exact) mass is 453 g/mol. The smallest absolute Gasteiger partial charge is 0.279 e. The molecule has 0 saturated heterocycles. The highest BCUT2D eigenvalue weighted by Gasteiger charge is 2.32. The van der Waals surface area contributed by atoms with Crippen molar-refractivity contribution in [2.24, 2.45) is 0 Å². The minimum Gasteiger partial charge on any atom is -0.481 e. The molecule has 3 aromatic rings. The molecule has 1 aliphatic heterocycles. The van der Waals surface area contributed by atoms with E-state index in [0.29, 0.717) is 11.3 Å². The second-order valence-corrected chi connectivity index (χ2v) is 7.85. The van der Waals surface area contributed by atoms with E-state index in [0.717, 1.165) is 20.9 Å². The molecule has 2 unspecified atom stereocenters. The summed E-state index contributed by atoms with van der Waals surface area (Å²) in [5.41, 5.74) is 3.90. The zero-order valence-electron chi connectivity index (χ0n) is 16.0. The lowest BCUT2D eigenvalue weighted by Gasteiger charge is -2.36. The van der Waals surface area contributed by atoms with Crippen LogP contribution in [-0.2, 0) is 4.79 Å². The van der Waals surface area contributed by atoms with Crippen LogP contribution in [-0.4, -0.2) is 29.1 Å². The first-order chi connectivity index (χ1) is 13.9. The molecule has 0 fully saturated rings. The molecule has 6 nitrogen and oxygen atoms in total. The first-order valence-electron chi connectivity index (χ1n) is 9.28. The van der Waals surface area contributed by atoms with Crippen molar-refractivity contribution in [1.82, 2.24) is 10.4 Å². The van der Waals surface area contributed by atoms with Crippen LogP contribution in [0.5, 0.6) is 5.75 Å². The SMILES string of the molecule is CC(Oc1ccc2ccccc2c1)C(=O)NN1C(=O)c2cc(Br)ccc2NC1C. The van der Waals surface area contributed by atoms with Crippen LogP contribution in [0.15, 0.2) is 65.1 Å². The third-order valence-electron chi connectivity index (χ3n) is 4.82. The standard InChI is InChI=1S/C22H20BrN3O3/c1-13(29-18-9-7-15-5-3-4-6-16(15)11-18)21(27)25-26-14(2)24-20-10-8-17(23)12-19(20)22(26)28/h3-14,24H,1-2H3,(H,25,27). The number of rotatable bonds is 4. The Morgan fingerprint density at radius 1 is 1.14 bits per heavy atom. The summed E-state index contributed by atoms with van der Waals surface area (Å²) in [5, 5.41) is 6.63. The van der Waals surface area contributed by atoms with Gasteiger partial charge in [-0.15, -0.1) is 0 Å². The van der Waals surface area contributed by atoms with Gasteiger partial charge in [0.2, 0.25) is 0 Å². The Hall–Kier alpha value is -3.06. The van der Waals surface area contributed by atoms with Crippen LogP contribution >= 0.6 is 15.9 Å². The zero-order chi connectivity index (χ0) is 20.5. The quantitative estimate of drug-likeness (QED) is 0.617. The van der Waals surface area contributed by atoms with Crippen LogP contribution in [0.25, 0.3) is 10.8 Å². The van der Waals surface area contributed by atoms with Crippen molar-refractivity contribution < 1.29 is 14.3 Å². The number of nitrogens with one attached hydrogen (secondary N) is 2. The first kappa shape index (κ1) is 19.3. The van der Waals surface area contributed by atoms with Gasteiger partial charge in [-0.2, -0.15) is 0 Å². The van der Waals surface area contributed by atoms with Crippen molar-refractivity contribution >= 4 is 44.2 Å². The number of anilines is 1. The molecule has 148 valence electrons. The molecule has 0 bridgehead atoms. The zero-order valence-corrected chi connectivity index (χ0v) is 17.6. The molecule has 4 rings (SSSR count). The molecule has 1 aliphatic rings. The number of hydrogen-bond acceptors (Lipinski definition) is 4. The molecule has 0 radical (unpaired) electrons. The average Bonchev–Trinajstić information content (AvgIpc) is 2.71. The number of fused-ring (bicyclic) bond motifs is 2. The summed E-state index contributed by atoms with van der Waals surface area (Å²) >= 11 is 3.38. The third-order valence-corrected chi connectivity index (χ3v) is 5.31. The van der Waals surface area contributed by atoms with E-state index in [1.165, 1.54) is 5.01 Å². The van der Waals surface area contributed by atoms with Crippen molar-refractivity contribution in [2.45, 2.75) is 26.1 Å². The maximum absolute atomic E-state index is 12.9. The molecule has 2 N–H and O–H groups in total. The highest BCUT2D eigenvalue weighted by molar-refractivity contribution is 9.10. The Balaban J connectivity index is 1.47. The largest absolute Gasteiger partial charge is 0.481 e. The predicted molar refractivity (Wildman–Crippen MR) is 116 cm³/mol. The van der Waals surface area contributed by atoms with Gasteiger partial charge < -0.3 is 10.1 Å². The Bertz CT molecular complexity index is 1100. The number of hydrazine groups is 1. The van der Waals surface area contributed by atoms with Crippen molar-refractivity contribution in [1.29, 1.82) is 0 Å². The van der Waals surface area contributed by atoms with Crippen LogP contribution in [0.3, 0.4) is 0 Å². The van der Waals surface area contributed by atoms with Gasteiger partial charge in [-0.3, -0.25) is 15.0 Å². The normalized spacial score (nSPS) is 16.7. The molecule has 29 heavy (non-hydrogen) atoms. The number of carbonyl (C=O) groups excluding carboxylic acids is 2. The fraction of sp³-hybridized carbons (Fsp3) is 0.182. The summed E-state index contributed by atoms with van der Waals surface area (Å²) in [7, 11) is 0. The van der Waals surface area contributed by atoms with Gasteiger partial charge in [-0.05, 0) is 55.0 Å². The van der Waals surface area contributed by atoms with Gasteiger partial charge in [0, 0.05) is 10.2 Å². The number of amides is 2. The van der Waals surface area contributed by atoms with Crippen molar-refractivity contribution in [2.75, 3.05) is 5.32 Å². The van der Waals surface area contributed by atoms with Gasteiger partial charge in [-0.25, -0.2) is 5.01 Å². The van der Waals surface area contributed by atoms with E-state index in [1.54, 1.807) is 19.9 Å². The maximum Gasteiger partial charge on any atom is 0.279 e. The minimum atomic E-state index is -0.778. The van der Waals surface area contributed by atoms with Gasteiger partial charge in [0.05, 0.1) is 5.56 Å². The van der Waals surface area contributed by atoms with E-state index in [-0.39, 0.29) is 5.91 Å². The molecule has 0 aliphatic carbocycles. The summed E-state index contributed by atoms with van der Waals surface area (Å²) in [6, 6.07) is 19.0. The summed E-state index contributed by atoms with van der Waals surface area (Å²) in [6.07, 6.45) is -1.17. The first-order valence-corrected chi connectivity index (χ1v) is 10.1. The Morgan fingerprint density at radius 3 is 2.69 bits per heavy atom. The van der Waals surface area contributed by atoms with Gasteiger partial charge in [0.1, 0.15) is 11.9 Å². The number of halogens is 1. The molecule has 1 heterocycles. The predicted octanol–water partition coefficient (Wildman–Crippen LogP) is 4.31. The lowest BCUT2D eigenvalue weighted by molar-refractivity contribution is -0.131. The van der Waals surface area contributed by atoms with Gasteiger partial charge >= 0.3 is 0 Å². The Morgan fingerprint density at radius 2 is 1.90 bits per heavy atom. The van der Waals surface area contributed by atoms with Crippen LogP contribution in [0.1, 0.15) is 24.2 Å². The van der Waals surface area contributed by atoms with E-state index in [9.17, 15) is 9.59 Å². The fourth-order valence-corrected chi connectivity index (χ4v) is 3.63. The Kier molecular flexibility index (Phi) is 5.15. The molecule has 2 amide bonds. The lowest BCUT2D eigenvalue weighted by atomic mass is 10.1. The average molecular weight is 454 g/mol. The number of nitrogens with zero attached hydrogens (tertiary/aromatic N) is 1. The van der Waals surface area contributed by atoms with E-state index in [2.05, 4.69) is 26.7 Å². The van der Waals surface area contributed by atoms with Crippen LogP contribution in [0.4, 0.5) is 5.69 Å². The number of benzene rings is 3. The van der Waals surface area contributed by atoms with Crippen LogP contribution in [0.2, 0.25) is 0 Å². The minimum absolute atomic E-state index is 0.279. The van der Waals surface area contributed by atoms with Crippen LogP contribution < -0.4 is 15.5 Å². The van der Waals surface area contributed by atoms with Crippen LogP contribution in [0, 0.1) is 0 Å². The molecular weight excluding hydrogens is 434 g/mol. The highest BCUT2D eigenvalue weighted by atomic mass is 79.9. The third kappa shape index (κ3) is 3.91. The molecule has 0 saturated carbocycles. The summed E-state index contributed by atoms with van der Waals surface area (Å²) < 4.78 is 6.60. The van der Waals surface area contributed by atoms with Gasteiger partial charge in [0.15, 0.2) is 6.10 Å². The second-order valence-electron chi connectivity index (χ2n) is 6.93. The molecule has 7 heteroatoms. The number of hydrogen-bond donors (Lipinski definition) is 2. The molecule has 0 aromatic heterocycles. The second kappa shape index (κ2) is 7.75. The van der Waals surface area contributed by atoms with E-state index < -0.39 is 18.2 Å². The maximum atomic E-state index is 12.9.